The van der Waals surface area contributed by atoms with Gasteiger partial charge in [-0.3, -0.25) is 0 Å². The molecule has 0 spiro atoms. The highest BCUT2D eigenvalue weighted by atomic mass is 32.2. The molecule has 0 aromatic carbocycles. The Balaban J connectivity index is 2.42. The van der Waals surface area contributed by atoms with Gasteiger partial charge in [0.15, 0.2) is 0 Å². The minimum atomic E-state index is 0.123. The molecule has 1 N–H and O–H groups in total. The predicted molar refractivity (Wildman–Crippen MR) is 50.2 cm³/mol. The third kappa shape index (κ3) is 2.36. The molecule has 1 aliphatic rings. The average Bonchev–Trinajstić information content (AvgIpc) is 2.07. The second-order valence-corrected chi connectivity index (χ2v) is 4.18. The van der Waals surface area contributed by atoms with Crippen molar-refractivity contribution in [2.75, 3.05) is 32.2 Å². The van der Waals surface area contributed by atoms with Gasteiger partial charge < -0.3 is 10.1 Å². The molecule has 0 saturated carbocycles. The lowest BCUT2D eigenvalue weighted by Crippen LogP contribution is -2.45. The van der Waals surface area contributed by atoms with Crippen molar-refractivity contribution in [2.45, 2.75) is 18.4 Å². The van der Waals surface area contributed by atoms with Crippen molar-refractivity contribution in [3.63, 3.8) is 0 Å². The van der Waals surface area contributed by atoms with Crippen molar-refractivity contribution in [1.29, 1.82) is 0 Å². The van der Waals surface area contributed by atoms with Gasteiger partial charge in [-0.15, -0.1) is 0 Å². The molecule has 0 bridgehead atoms. The summed E-state index contributed by atoms with van der Waals surface area (Å²) in [7, 11) is 3.81. The molecule has 1 unspecified atom stereocenters. The summed E-state index contributed by atoms with van der Waals surface area (Å²) in [5.41, 5.74) is 0.123. The number of nitrogens with one attached hydrogen (secondary N) is 1. The van der Waals surface area contributed by atoms with Gasteiger partial charge in [0.2, 0.25) is 0 Å². The van der Waals surface area contributed by atoms with Crippen LogP contribution in [0.2, 0.25) is 0 Å². The second kappa shape index (κ2) is 4.33. The van der Waals surface area contributed by atoms with Crippen LogP contribution in [0.15, 0.2) is 0 Å². The topological polar surface area (TPSA) is 21.3 Å². The molecular weight excluding hydrogens is 158 g/mol. The van der Waals surface area contributed by atoms with Crippen LogP contribution < -0.4 is 5.32 Å². The first-order valence-electron chi connectivity index (χ1n) is 4.10. The fraction of sp³-hybridized carbons (Fsp3) is 1.00. The first kappa shape index (κ1) is 9.36. The Kier molecular flexibility index (Phi) is 3.69. The van der Waals surface area contributed by atoms with E-state index in [-0.39, 0.29) is 5.60 Å². The monoisotopic (exact) mass is 175 g/mol. The molecule has 2 nitrogen and oxygen atoms in total. The van der Waals surface area contributed by atoms with Crippen molar-refractivity contribution < 1.29 is 4.74 Å². The van der Waals surface area contributed by atoms with E-state index in [0.29, 0.717) is 0 Å². The minimum Gasteiger partial charge on any atom is -0.376 e. The summed E-state index contributed by atoms with van der Waals surface area (Å²) in [6.45, 7) is 0.983. The SMILES string of the molecule is CNCC1(OC)CCCSC1. The predicted octanol–water partition coefficient (Wildman–Crippen LogP) is 1.12. The maximum atomic E-state index is 5.54. The largest absolute Gasteiger partial charge is 0.376 e. The van der Waals surface area contributed by atoms with E-state index in [9.17, 15) is 0 Å². The molecule has 11 heavy (non-hydrogen) atoms. The van der Waals surface area contributed by atoms with E-state index in [1.54, 1.807) is 0 Å². The normalized spacial score (nSPS) is 32.2. The summed E-state index contributed by atoms with van der Waals surface area (Å²) in [6.07, 6.45) is 2.50. The zero-order valence-electron chi connectivity index (χ0n) is 7.35. The molecule has 3 heteroatoms. The molecule has 66 valence electrons. The molecule has 1 saturated heterocycles. The van der Waals surface area contributed by atoms with Crippen molar-refractivity contribution >= 4 is 11.8 Å². The van der Waals surface area contributed by atoms with Crippen LogP contribution in [0, 0.1) is 0 Å². The molecule has 0 radical (unpaired) electrons. The number of methoxy groups -OCH3 is 1. The fourth-order valence-corrected chi connectivity index (χ4v) is 2.75. The lowest BCUT2D eigenvalue weighted by molar-refractivity contribution is 0.00292. The van der Waals surface area contributed by atoms with E-state index >= 15 is 0 Å². The number of ether oxygens (including phenoxy) is 1. The smallest absolute Gasteiger partial charge is 0.0892 e. The van der Waals surface area contributed by atoms with E-state index in [0.717, 1.165) is 12.3 Å². The van der Waals surface area contributed by atoms with Gasteiger partial charge in [0.05, 0.1) is 5.60 Å². The Morgan fingerprint density at radius 1 is 1.64 bits per heavy atom. The average molecular weight is 175 g/mol. The Morgan fingerprint density at radius 2 is 2.45 bits per heavy atom. The van der Waals surface area contributed by atoms with Gasteiger partial charge in [0.1, 0.15) is 0 Å². The third-order valence-corrected chi connectivity index (χ3v) is 3.53. The first-order valence-corrected chi connectivity index (χ1v) is 5.26. The van der Waals surface area contributed by atoms with Gasteiger partial charge >= 0.3 is 0 Å². The Morgan fingerprint density at radius 3 is 2.91 bits per heavy atom. The van der Waals surface area contributed by atoms with Crippen LogP contribution in [-0.2, 0) is 4.74 Å². The maximum Gasteiger partial charge on any atom is 0.0892 e. The quantitative estimate of drug-likeness (QED) is 0.694. The Hall–Kier alpha value is 0.270. The number of rotatable bonds is 3. The van der Waals surface area contributed by atoms with Crippen LogP contribution in [0.4, 0.5) is 0 Å². The summed E-state index contributed by atoms with van der Waals surface area (Å²) < 4.78 is 5.54. The zero-order valence-corrected chi connectivity index (χ0v) is 8.17. The number of hydrogen-bond donors (Lipinski definition) is 1. The van der Waals surface area contributed by atoms with Crippen LogP contribution in [0.5, 0.6) is 0 Å². The van der Waals surface area contributed by atoms with Crippen LogP contribution in [0.25, 0.3) is 0 Å². The van der Waals surface area contributed by atoms with E-state index in [4.69, 9.17) is 4.74 Å². The molecule has 0 aromatic heterocycles. The highest BCUT2D eigenvalue weighted by Crippen LogP contribution is 2.28. The zero-order chi connectivity index (χ0) is 8.16. The summed E-state index contributed by atoms with van der Waals surface area (Å²) in [5.74, 6) is 2.44. The number of hydrogen-bond acceptors (Lipinski definition) is 3. The van der Waals surface area contributed by atoms with Crippen molar-refractivity contribution in [2.24, 2.45) is 0 Å². The molecule has 0 aromatic rings. The standard InChI is InChI=1S/C8H17NOS/c1-9-6-8(10-2)4-3-5-11-7-8/h9H,3-7H2,1-2H3. The third-order valence-electron chi connectivity index (χ3n) is 2.22. The number of thioether (sulfide) groups is 1. The minimum absolute atomic E-state index is 0.123. The van der Waals surface area contributed by atoms with Gasteiger partial charge in [-0.1, -0.05) is 0 Å². The molecule has 1 fully saturated rings. The molecule has 0 amide bonds. The first-order chi connectivity index (χ1) is 5.33. The van der Waals surface area contributed by atoms with Gasteiger partial charge in [-0.2, -0.15) is 11.8 Å². The van der Waals surface area contributed by atoms with E-state index in [1.165, 1.54) is 18.6 Å². The molecular formula is C8H17NOS. The van der Waals surface area contributed by atoms with E-state index < -0.39 is 0 Å². The molecule has 0 aliphatic carbocycles. The molecule has 1 heterocycles. The molecule has 1 aliphatic heterocycles. The van der Waals surface area contributed by atoms with Crippen molar-refractivity contribution in [1.82, 2.24) is 5.32 Å². The lowest BCUT2D eigenvalue weighted by Gasteiger charge is -2.35. The highest BCUT2D eigenvalue weighted by Gasteiger charge is 2.31. The van der Waals surface area contributed by atoms with Crippen molar-refractivity contribution in [3.05, 3.63) is 0 Å². The summed E-state index contributed by atoms with van der Waals surface area (Å²) >= 11 is 2.00. The van der Waals surface area contributed by atoms with Crippen LogP contribution in [0.1, 0.15) is 12.8 Å². The van der Waals surface area contributed by atoms with E-state index in [1.807, 2.05) is 25.9 Å². The lowest BCUT2D eigenvalue weighted by atomic mass is 10.00. The molecule has 1 atom stereocenters. The summed E-state index contributed by atoms with van der Waals surface area (Å²) in [4.78, 5) is 0. The van der Waals surface area contributed by atoms with Gasteiger partial charge in [0.25, 0.3) is 0 Å². The highest BCUT2D eigenvalue weighted by molar-refractivity contribution is 7.99. The van der Waals surface area contributed by atoms with Gasteiger partial charge in [-0.25, -0.2) is 0 Å². The summed E-state index contributed by atoms with van der Waals surface area (Å²) in [6, 6.07) is 0. The Bertz CT molecular complexity index is 107. The maximum absolute atomic E-state index is 5.54. The second-order valence-electron chi connectivity index (χ2n) is 3.07. The van der Waals surface area contributed by atoms with Crippen molar-refractivity contribution in [3.8, 4) is 0 Å². The van der Waals surface area contributed by atoms with Crippen LogP contribution >= 0.6 is 11.8 Å². The summed E-state index contributed by atoms with van der Waals surface area (Å²) in [5, 5.41) is 3.19. The van der Waals surface area contributed by atoms with Crippen LogP contribution in [0.3, 0.4) is 0 Å². The Labute approximate surface area is 73.1 Å². The van der Waals surface area contributed by atoms with E-state index in [2.05, 4.69) is 5.32 Å². The van der Waals surface area contributed by atoms with Crippen LogP contribution in [-0.4, -0.2) is 37.8 Å². The fourth-order valence-electron chi connectivity index (χ4n) is 1.52. The van der Waals surface area contributed by atoms with Gasteiger partial charge in [0, 0.05) is 19.4 Å². The number of likely N-dealkylation sites (N-methyl/N-ethyl adjacent to an activating group) is 1. The van der Waals surface area contributed by atoms with Gasteiger partial charge in [-0.05, 0) is 25.6 Å². The molecule has 1 rings (SSSR count).